The number of hydrogen-bond acceptors (Lipinski definition) is 0. The third-order valence-electron chi connectivity index (χ3n) is 8.25. The van der Waals surface area contributed by atoms with Crippen LogP contribution in [0.2, 0.25) is 0 Å². The van der Waals surface area contributed by atoms with Gasteiger partial charge in [0.1, 0.15) is 5.82 Å². The quantitative estimate of drug-likeness (QED) is 0.268. The molecule has 0 N–H and O–H groups in total. The first-order valence-corrected chi connectivity index (χ1v) is 13.5. The lowest BCUT2D eigenvalue weighted by atomic mass is 9.63. The molecule has 2 aromatic rings. The molecule has 0 amide bonds. The zero-order chi connectivity index (χ0) is 25.5. The number of hydrogen-bond donors (Lipinski definition) is 0. The molecule has 0 bridgehead atoms. The molecule has 4 rings (SSSR count). The van der Waals surface area contributed by atoms with Gasteiger partial charge in [-0.3, -0.25) is 0 Å². The number of allylic oxidation sites excluding steroid dienone is 3. The molecule has 4 unspecified atom stereocenters. The van der Waals surface area contributed by atoms with Crippen molar-refractivity contribution in [3.63, 3.8) is 0 Å². The number of aryl methyl sites for hydroxylation is 1. The average molecular weight is 491 g/mol. The molecule has 0 radical (unpaired) electrons. The largest absolute Gasteiger partial charge is 0.206 e. The Morgan fingerprint density at radius 3 is 2.42 bits per heavy atom. The van der Waals surface area contributed by atoms with Crippen LogP contribution >= 0.6 is 0 Å². The van der Waals surface area contributed by atoms with Gasteiger partial charge < -0.3 is 0 Å². The van der Waals surface area contributed by atoms with Crippen molar-refractivity contribution in [1.29, 1.82) is 0 Å². The molecule has 2 saturated carbocycles. The minimum absolute atomic E-state index is 0.0239. The molecule has 0 aromatic heterocycles. The van der Waals surface area contributed by atoms with Crippen molar-refractivity contribution in [2.45, 2.75) is 77.0 Å². The smallest absolute Gasteiger partial charge is 0.174 e. The predicted molar refractivity (Wildman–Crippen MR) is 142 cm³/mol. The topological polar surface area (TPSA) is 0 Å². The van der Waals surface area contributed by atoms with Crippen LogP contribution in [0.15, 0.2) is 55.1 Å². The molecule has 2 fully saturated rings. The average Bonchev–Trinajstić information content (AvgIpc) is 2.89. The lowest BCUT2D eigenvalue weighted by molar-refractivity contribution is 0.114. The first-order valence-electron chi connectivity index (χ1n) is 13.5. The molecule has 2 aromatic carbocycles. The molecule has 2 aliphatic rings. The summed E-state index contributed by atoms with van der Waals surface area (Å²) in [6, 6.07) is 8.17. The monoisotopic (exact) mass is 490 g/mol. The third kappa shape index (κ3) is 6.33. The van der Waals surface area contributed by atoms with E-state index < -0.39 is 17.5 Å². The van der Waals surface area contributed by atoms with Crippen LogP contribution < -0.4 is 0 Å². The molecule has 4 atom stereocenters. The Kier molecular flexibility index (Phi) is 9.13. The lowest BCUT2D eigenvalue weighted by Gasteiger charge is -2.42. The Labute approximate surface area is 214 Å². The molecule has 0 heterocycles. The van der Waals surface area contributed by atoms with E-state index in [0.717, 1.165) is 50.0 Å². The summed E-state index contributed by atoms with van der Waals surface area (Å²) in [5.41, 5.74) is 1.53. The highest BCUT2D eigenvalue weighted by Crippen LogP contribution is 2.48. The standard InChI is InChI=1S/C33H37F3/c1-3-5-7-9-24-10-12-25(31(34)21-24)14-15-26-18-19-30(33(36)32(26)35)29-17-16-27-20-23(8-6-4-2)11-13-28(27)22-29/h3-5,10,12,18-19,21,23,27-29H,2,6-9,11,13,16-17,20,22H2,1H3/b5-3+. The van der Waals surface area contributed by atoms with Crippen molar-refractivity contribution in [2.75, 3.05) is 0 Å². The highest BCUT2D eigenvalue weighted by atomic mass is 19.2. The number of rotatable bonds is 7. The molecule has 0 nitrogen and oxygen atoms in total. The minimum Gasteiger partial charge on any atom is -0.206 e. The van der Waals surface area contributed by atoms with E-state index in [2.05, 4.69) is 18.4 Å². The maximum Gasteiger partial charge on any atom is 0.174 e. The van der Waals surface area contributed by atoms with Gasteiger partial charge in [0.15, 0.2) is 11.6 Å². The van der Waals surface area contributed by atoms with Gasteiger partial charge in [0, 0.05) is 0 Å². The van der Waals surface area contributed by atoms with E-state index in [4.69, 9.17) is 0 Å². The molecule has 3 heteroatoms. The van der Waals surface area contributed by atoms with Crippen molar-refractivity contribution in [1.82, 2.24) is 0 Å². The van der Waals surface area contributed by atoms with Crippen molar-refractivity contribution in [2.24, 2.45) is 17.8 Å². The fourth-order valence-corrected chi connectivity index (χ4v) is 6.23. The summed E-state index contributed by atoms with van der Waals surface area (Å²) in [4.78, 5) is 0. The summed E-state index contributed by atoms with van der Waals surface area (Å²) in [6.45, 7) is 5.80. The second-order valence-corrected chi connectivity index (χ2v) is 10.6. The summed E-state index contributed by atoms with van der Waals surface area (Å²) >= 11 is 0. The highest BCUT2D eigenvalue weighted by molar-refractivity contribution is 5.46. The normalized spacial score (nSPS) is 23.7. The van der Waals surface area contributed by atoms with E-state index in [0.29, 0.717) is 17.4 Å². The molecular formula is C33H37F3. The molecule has 190 valence electrons. The van der Waals surface area contributed by atoms with Gasteiger partial charge in [-0.1, -0.05) is 48.6 Å². The summed E-state index contributed by atoms with van der Waals surface area (Å²) < 4.78 is 44.6. The van der Waals surface area contributed by atoms with Crippen molar-refractivity contribution in [3.05, 3.63) is 94.8 Å². The van der Waals surface area contributed by atoms with Crippen LogP contribution in [0, 0.1) is 47.0 Å². The van der Waals surface area contributed by atoms with Gasteiger partial charge in [-0.2, -0.15) is 0 Å². The first kappa shape index (κ1) is 26.3. The van der Waals surface area contributed by atoms with Crippen LogP contribution in [0.3, 0.4) is 0 Å². The van der Waals surface area contributed by atoms with E-state index in [-0.39, 0.29) is 17.0 Å². The number of halogens is 3. The molecule has 0 spiro atoms. The summed E-state index contributed by atoms with van der Waals surface area (Å²) in [5, 5.41) is 0. The SMILES string of the molecule is C=CCCC1CCC2CC(c3ccc(C#Cc4ccc(CC/C=C/C)cc4F)c(F)c3F)CCC2C1. The fourth-order valence-electron chi connectivity index (χ4n) is 6.23. The lowest BCUT2D eigenvalue weighted by Crippen LogP contribution is -2.30. The van der Waals surface area contributed by atoms with Crippen LogP contribution in [0.1, 0.15) is 92.9 Å². The van der Waals surface area contributed by atoms with Gasteiger partial charge >= 0.3 is 0 Å². The van der Waals surface area contributed by atoms with Crippen molar-refractivity contribution >= 4 is 0 Å². The first-order chi connectivity index (χ1) is 17.5. The summed E-state index contributed by atoms with van der Waals surface area (Å²) in [6.07, 6.45) is 16.5. The fraction of sp³-hybridized carbons (Fsp3) is 0.455. The van der Waals surface area contributed by atoms with E-state index in [1.807, 2.05) is 31.2 Å². The Hall–Kier alpha value is -2.73. The van der Waals surface area contributed by atoms with Gasteiger partial charge in [0.05, 0.1) is 11.1 Å². The molecular weight excluding hydrogens is 453 g/mol. The van der Waals surface area contributed by atoms with Gasteiger partial charge in [-0.25, -0.2) is 13.2 Å². The van der Waals surface area contributed by atoms with E-state index >= 15 is 4.39 Å². The summed E-state index contributed by atoms with van der Waals surface area (Å²) in [7, 11) is 0. The Morgan fingerprint density at radius 1 is 0.889 bits per heavy atom. The second-order valence-electron chi connectivity index (χ2n) is 10.6. The second kappa shape index (κ2) is 12.5. The highest BCUT2D eigenvalue weighted by Gasteiger charge is 2.36. The van der Waals surface area contributed by atoms with Crippen LogP contribution in [-0.2, 0) is 6.42 Å². The maximum absolute atomic E-state index is 15.1. The zero-order valence-corrected chi connectivity index (χ0v) is 21.3. The Balaban J connectivity index is 1.43. The van der Waals surface area contributed by atoms with E-state index in [1.54, 1.807) is 18.2 Å². The van der Waals surface area contributed by atoms with Gasteiger partial charge in [0.25, 0.3) is 0 Å². The van der Waals surface area contributed by atoms with Gasteiger partial charge in [-0.05, 0) is 118 Å². The number of benzene rings is 2. The number of fused-ring (bicyclic) bond motifs is 1. The molecule has 0 saturated heterocycles. The van der Waals surface area contributed by atoms with Crippen LogP contribution in [0.5, 0.6) is 0 Å². The van der Waals surface area contributed by atoms with Crippen LogP contribution in [0.4, 0.5) is 13.2 Å². The van der Waals surface area contributed by atoms with E-state index in [1.165, 1.54) is 31.7 Å². The molecule has 0 aliphatic heterocycles. The predicted octanol–water partition coefficient (Wildman–Crippen LogP) is 9.28. The minimum atomic E-state index is -0.918. The van der Waals surface area contributed by atoms with E-state index in [9.17, 15) is 8.78 Å². The van der Waals surface area contributed by atoms with Gasteiger partial charge in [-0.15, -0.1) is 6.58 Å². The Morgan fingerprint density at radius 2 is 1.64 bits per heavy atom. The van der Waals surface area contributed by atoms with Crippen molar-refractivity contribution < 1.29 is 13.2 Å². The van der Waals surface area contributed by atoms with Crippen LogP contribution in [0.25, 0.3) is 0 Å². The maximum atomic E-state index is 15.1. The Bertz CT molecular complexity index is 1150. The van der Waals surface area contributed by atoms with Crippen molar-refractivity contribution in [3.8, 4) is 11.8 Å². The molecule has 36 heavy (non-hydrogen) atoms. The van der Waals surface area contributed by atoms with Gasteiger partial charge in [0.2, 0.25) is 0 Å². The van der Waals surface area contributed by atoms with Crippen LogP contribution in [-0.4, -0.2) is 0 Å². The molecule has 2 aliphatic carbocycles. The summed E-state index contributed by atoms with van der Waals surface area (Å²) in [5.74, 6) is 5.37. The zero-order valence-electron chi connectivity index (χ0n) is 21.3. The third-order valence-corrected chi connectivity index (χ3v) is 8.25.